The van der Waals surface area contributed by atoms with Crippen molar-refractivity contribution in [3.63, 3.8) is 0 Å². The smallest absolute Gasteiger partial charge is 0.104 e. The van der Waals surface area contributed by atoms with Crippen LogP contribution in [-0.2, 0) is 6.54 Å². The number of hydrogen-bond acceptors (Lipinski definition) is 2. The molecule has 0 unspecified atom stereocenters. The van der Waals surface area contributed by atoms with E-state index in [1.54, 1.807) is 0 Å². The van der Waals surface area contributed by atoms with Crippen LogP contribution in [0.5, 0.6) is 0 Å². The highest BCUT2D eigenvalue weighted by molar-refractivity contribution is 6.31. The normalized spacial score (nSPS) is 9.53. The standard InChI is InChI=1S/C12H14ClNO/c1-10-8-11(4-5-12(10)13)9-14-6-2-3-7-15/h4-5,8,14-15H,6-7,9H2,1H3. The first-order valence-electron chi connectivity index (χ1n) is 4.76. The van der Waals surface area contributed by atoms with Crippen LogP contribution >= 0.6 is 11.6 Å². The Morgan fingerprint density at radius 1 is 1.40 bits per heavy atom. The Labute approximate surface area is 95.3 Å². The second-order valence-electron chi connectivity index (χ2n) is 3.20. The van der Waals surface area contributed by atoms with Gasteiger partial charge in [-0.15, -0.1) is 0 Å². The van der Waals surface area contributed by atoms with E-state index < -0.39 is 0 Å². The molecule has 0 aliphatic heterocycles. The zero-order valence-corrected chi connectivity index (χ0v) is 9.43. The highest BCUT2D eigenvalue weighted by Gasteiger charge is 1.96. The number of benzene rings is 1. The Bertz CT molecular complexity index is 379. The molecule has 0 heterocycles. The van der Waals surface area contributed by atoms with Crippen molar-refractivity contribution < 1.29 is 5.11 Å². The van der Waals surface area contributed by atoms with E-state index in [1.807, 2.05) is 19.1 Å². The van der Waals surface area contributed by atoms with Crippen LogP contribution in [0.3, 0.4) is 0 Å². The van der Waals surface area contributed by atoms with Crippen LogP contribution in [-0.4, -0.2) is 18.3 Å². The number of hydrogen-bond donors (Lipinski definition) is 2. The number of rotatable bonds is 3. The quantitative estimate of drug-likeness (QED) is 0.604. The van der Waals surface area contributed by atoms with Crippen molar-refractivity contribution in [2.45, 2.75) is 13.5 Å². The van der Waals surface area contributed by atoms with Gasteiger partial charge in [-0.2, -0.15) is 0 Å². The van der Waals surface area contributed by atoms with Gasteiger partial charge in [0, 0.05) is 11.6 Å². The Morgan fingerprint density at radius 2 is 2.20 bits per heavy atom. The van der Waals surface area contributed by atoms with Crippen LogP contribution < -0.4 is 5.32 Å². The summed E-state index contributed by atoms with van der Waals surface area (Å²) in [5.74, 6) is 5.37. The summed E-state index contributed by atoms with van der Waals surface area (Å²) in [5, 5.41) is 12.4. The minimum atomic E-state index is -0.0816. The van der Waals surface area contributed by atoms with Gasteiger partial charge in [-0.05, 0) is 24.1 Å². The number of nitrogens with one attached hydrogen (secondary N) is 1. The molecule has 0 radical (unpaired) electrons. The molecule has 1 aromatic rings. The van der Waals surface area contributed by atoms with E-state index >= 15 is 0 Å². The summed E-state index contributed by atoms with van der Waals surface area (Å²) in [7, 11) is 0. The van der Waals surface area contributed by atoms with Gasteiger partial charge in [0.05, 0.1) is 6.54 Å². The zero-order valence-electron chi connectivity index (χ0n) is 8.68. The highest BCUT2D eigenvalue weighted by Crippen LogP contribution is 2.15. The molecule has 2 nitrogen and oxygen atoms in total. The van der Waals surface area contributed by atoms with E-state index in [9.17, 15) is 0 Å². The van der Waals surface area contributed by atoms with Crippen molar-refractivity contribution in [2.75, 3.05) is 13.2 Å². The van der Waals surface area contributed by atoms with Crippen LogP contribution in [0.2, 0.25) is 5.02 Å². The molecular formula is C12H14ClNO. The molecule has 0 saturated carbocycles. The summed E-state index contributed by atoms with van der Waals surface area (Å²) in [4.78, 5) is 0. The van der Waals surface area contributed by atoms with Gasteiger partial charge in [0.1, 0.15) is 6.61 Å². The number of halogens is 1. The van der Waals surface area contributed by atoms with E-state index in [0.717, 1.165) is 17.1 Å². The van der Waals surface area contributed by atoms with E-state index in [-0.39, 0.29) is 6.61 Å². The summed E-state index contributed by atoms with van der Waals surface area (Å²) in [6.07, 6.45) is 0. The molecule has 0 amide bonds. The summed E-state index contributed by atoms with van der Waals surface area (Å²) in [6.45, 7) is 3.25. The lowest BCUT2D eigenvalue weighted by molar-refractivity contribution is 0.350. The molecule has 0 atom stereocenters. The first-order valence-corrected chi connectivity index (χ1v) is 5.14. The Kier molecular flexibility index (Phi) is 5.20. The third-order valence-electron chi connectivity index (χ3n) is 1.97. The molecule has 0 saturated heterocycles. The van der Waals surface area contributed by atoms with Gasteiger partial charge in [-0.3, -0.25) is 0 Å². The maximum absolute atomic E-state index is 8.43. The minimum Gasteiger partial charge on any atom is -0.384 e. The number of aliphatic hydroxyl groups is 1. The third-order valence-corrected chi connectivity index (χ3v) is 2.39. The van der Waals surface area contributed by atoms with Crippen molar-refractivity contribution in [3.05, 3.63) is 34.3 Å². The van der Waals surface area contributed by atoms with Crippen molar-refractivity contribution in [2.24, 2.45) is 0 Å². The predicted octanol–water partition coefficient (Wildman–Crippen LogP) is 1.73. The molecule has 80 valence electrons. The van der Waals surface area contributed by atoms with Crippen LogP contribution in [0, 0.1) is 18.8 Å². The molecule has 0 bridgehead atoms. The average Bonchev–Trinajstić information content (AvgIpc) is 2.23. The van der Waals surface area contributed by atoms with Crippen molar-refractivity contribution in [1.82, 2.24) is 5.32 Å². The summed E-state index contributed by atoms with van der Waals surface area (Å²) >= 11 is 5.91. The van der Waals surface area contributed by atoms with E-state index in [2.05, 4.69) is 23.2 Å². The molecular weight excluding hydrogens is 210 g/mol. The molecule has 1 aromatic carbocycles. The van der Waals surface area contributed by atoms with Crippen molar-refractivity contribution in [1.29, 1.82) is 0 Å². The minimum absolute atomic E-state index is 0.0816. The Balaban J connectivity index is 2.41. The van der Waals surface area contributed by atoms with Gasteiger partial charge in [0.2, 0.25) is 0 Å². The SMILES string of the molecule is Cc1cc(CNCC#CCO)ccc1Cl. The van der Waals surface area contributed by atoms with Gasteiger partial charge < -0.3 is 10.4 Å². The van der Waals surface area contributed by atoms with Crippen molar-refractivity contribution in [3.8, 4) is 11.8 Å². The fourth-order valence-electron chi connectivity index (χ4n) is 1.20. The molecule has 0 aliphatic carbocycles. The van der Waals surface area contributed by atoms with Crippen LogP contribution in [0.4, 0.5) is 0 Å². The second kappa shape index (κ2) is 6.47. The third kappa shape index (κ3) is 4.35. The summed E-state index contributed by atoms with van der Waals surface area (Å²) < 4.78 is 0. The lowest BCUT2D eigenvalue weighted by atomic mass is 10.1. The van der Waals surface area contributed by atoms with Crippen LogP contribution in [0.25, 0.3) is 0 Å². The van der Waals surface area contributed by atoms with Crippen LogP contribution in [0.15, 0.2) is 18.2 Å². The summed E-state index contributed by atoms with van der Waals surface area (Å²) in [5.41, 5.74) is 2.26. The molecule has 0 fully saturated rings. The van der Waals surface area contributed by atoms with Gasteiger partial charge in [0.25, 0.3) is 0 Å². The largest absolute Gasteiger partial charge is 0.384 e. The molecule has 15 heavy (non-hydrogen) atoms. The van der Waals surface area contributed by atoms with E-state index in [0.29, 0.717) is 6.54 Å². The molecule has 3 heteroatoms. The first-order chi connectivity index (χ1) is 7.24. The first kappa shape index (κ1) is 12.1. The van der Waals surface area contributed by atoms with Gasteiger partial charge >= 0.3 is 0 Å². The maximum atomic E-state index is 8.43. The molecule has 2 N–H and O–H groups in total. The molecule has 0 aromatic heterocycles. The summed E-state index contributed by atoms with van der Waals surface area (Å²) in [6, 6.07) is 5.93. The molecule has 0 aliphatic rings. The van der Waals surface area contributed by atoms with Gasteiger partial charge in [0.15, 0.2) is 0 Å². The Morgan fingerprint density at radius 3 is 2.87 bits per heavy atom. The van der Waals surface area contributed by atoms with Gasteiger partial charge in [-0.1, -0.05) is 35.6 Å². The topological polar surface area (TPSA) is 32.3 Å². The molecule has 1 rings (SSSR count). The molecule has 0 spiro atoms. The number of aliphatic hydroxyl groups excluding tert-OH is 1. The van der Waals surface area contributed by atoms with E-state index in [1.165, 1.54) is 5.56 Å². The predicted molar refractivity (Wildman–Crippen MR) is 62.8 cm³/mol. The lowest BCUT2D eigenvalue weighted by Gasteiger charge is -2.03. The van der Waals surface area contributed by atoms with Crippen molar-refractivity contribution >= 4 is 11.6 Å². The second-order valence-corrected chi connectivity index (χ2v) is 3.61. The lowest BCUT2D eigenvalue weighted by Crippen LogP contribution is -2.13. The fraction of sp³-hybridized carbons (Fsp3) is 0.333. The maximum Gasteiger partial charge on any atom is 0.104 e. The fourth-order valence-corrected chi connectivity index (χ4v) is 1.32. The zero-order chi connectivity index (χ0) is 11.1. The highest BCUT2D eigenvalue weighted by atomic mass is 35.5. The average molecular weight is 224 g/mol. The number of aryl methyl sites for hydroxylation is 1. The van der Waals surface area contributed by atoms with Crippen LogP contribution in [0.1, 0.15) is 11.1 Å². The van der Waals surface area contributed by atoms with E-state index in [4.69, 9.17) is 16.7 Å². The Hall–Kier alpha value is -1.01. The van der Waals surface area contributed by atoms with Gasteiger partial charge in [-0.25, -0.2) is 0 Å². The monoisotopic (exact) mass is 223 g/mol.